The van der Waals surface area contributed by atoms with Crippen molar-refractivity contribution >= 4 is 28.3 Å². The Morgan fingerprint density at radius 1 is 0.877 bits per heavy atom. The molecule has 6 nitrogen and oxygen atoms in total. The molecular formula is C48H49F3N2O4. The van der Waals surface area contributed by atoms with Crippen LogP contribution in [0.2, 0.25) is 0 Å². The Balaban J connectivity index is 1.32. The summed E-state index contributed by atoms with van der Waals surface area (Å²) in [5, 5.41) is 29.2. The number of carbonyl (C=O) groups is 2. The van der Waals surface area contributed by atoms with Crippen LogP contribution in [0.15, 0.2) is 127 Å². The minimum absolute atomic E-state index is 0.00817. The number of aliphatic hydroxyl groups is 2. The summed E-state index contributed by atoms with van der Waals surface area (Å²) in [5.74, 6) is -0.938. The number of urea groups is 1. The molecule has 3 N–H and O–H groups in total. The van der Waals surface area contributed by atoms with E-state index in [2.05, 4.69) is 11.4 Å². The van der Waals surface area contributed by atoms with Gasteiger partial charge in [-0.2, -0.15) is 13.2 Å². The van der Waals surface area contributed by atoms with Gasteiger partial charge in [0, 0.05) is 28.8 Å². The Kier molecular flexibility index (Phi) is 11.4. The fraction of sp³-hybridized carbons (Fsp3) is 0.333. The van der Waals surface area contributed by atoms with Gasteiger partial charge in [0.15, 0.2) is 5.78 Å². The van der Waals surface area contributed by atoms with Crippen molar-refractivity contribution in [2.75, 3.05) is 11.9 Å². The van der Waals surface area contributed by atoms with Crippen molar-refractivity contribution in [2.45, 2.75) is 89.1 Å². The van der Waals surface area contributed by atoms with Gasteiger partial charge in [0.05, 0.1) is 23.8 Å². The summed E-state index contributed by atoms with van der Waals surface area (Å²) in [5.41, 5.74) is 0.964. The monoisotopic (exact) mass is 774 g/mol. The van der Waals surface area contributed by atoms with E-state index in [0.717, 1.165) is 34.0 Å². The maximum atomic E-state index is 14.4. The molecule has 2 bridgehead atoms. The van der Waals surface area contributed by atoms with Gasteiger partial charge in [0.2, 0.25) is 0 Å². The lowest BCUT2D eigenvalue weighted by atomic mass is 9.64. The fourth-order valence-electron chi connectivity index (χ4n) is 9.06. The van der Waals surface area contributed by atoms with E-state index >= 15 is 0 Å². The van der Waals surface area contributed by atoms with Gasteiger partial charge in [-0.05, 0) is 116 Å². The largest absolute Gasteiger partial charge is 0.416 e. The zero-order valence-corrected chi connectivity index (χ0v) is 32.4. The number of allylic oxidation sites excluding steroid dienone is 2. The van der Waals surface area contributed by atoms with Gasteiger partial charge < -0.3 is 20.4 Å². The van der Waals surface area contributed by atoms with Crippen LogP contribution in [0.1, 0.15) is 96.5 Å². The molecule has 0 saturated heterocycles. The van der Waals surface area contributed by atoms with E-state index in [4.69, 9.17) is 0 Å². The third-order valence-electron chi connectivity index (χ3n) is 12.4. The number of fused-ring (bicyclic) bond motifs is 9. The van der Waals surface area contributed by atoms with Crippen LogP contribution in [0.25, 0.3) is 10.8 Å². The molecule has 5 aromatic carbocycles. The number of para-hydroxylation sites is 1. The summed E-state index contributed by atoms with van der Waals surface area (Å²) in [6.07, 6.45) is 0.200. The van der Waals surface area contributed by atoms with Crippen molar-refractivity contribution < 1.29 is 33.0 Å². The number of halogens is 3. The molecule has 4 atom stereocenters. The number of alkyl halides is 3. The Morgan fingerprint density at radius 2 is 1.61 bits per heavy atom. The number of hydrogen-bond acceptors (Lipinski definition) is 4. The lowest BCUT2D eigenvalue weighted by molar-refractivity contribution is -0.137. The van der Waals surface area contributed by atoms with E-state index in [0.29, 0.717) is 55.3 Å². The minimum Gasteiger partial charge on any atom is -0.393 e. The number of rotatable bonds is 7. The summed E-state index contributed by atoms with van der Waals surface area (Å²) in [6.45, 7) is 4.28. The first-order valence-electron chi connectivity index (χ1n) is 19.7. The van der Waals surface area contributed by atoms with Gasteiger partial charge in [-0.15, -0.1) is 0 Å². The average molecular weight is 775 g/mol. The Hall–Kier alpha value is -5.25. The van der Waals surface area contributed by atoms with Gasteiger partial charge in [-0.1, -0.05) is 104 Å². The van der Waals surface area contributed by atoms with Gasteiger partial charge in [0.25, 0.3) is 0 Å². The molecule has 0 spiro atoms. The summed E-state index contributed by atoms with van der Waals surface area (Å²) < 4.78 is 41.5. The third kappa shape index (κ3) is 8.55. The SMILES string of the molecule is CC1=CCC[C@@]2(C)[C@@H](CC[C@@]2(O)CN(Cc2cccc3ccccc23)C(=O)Nc2ccccc2)c2ccc(cc2C(=O)c2cccc(C(F)(F)F)c2)C[C@@H](O)CC1. The van der Waals surface area contributed by atoms with Crippen molar-refractivity contribution in [3.05, 3.63) is 160 Å². The van der Waals surface area contributed by atoms with Crippen LogP contribution in [0.3, 0.4) is 0 Å². The molecule has 2 amide bonds. The molecule has 0 aromatic heterocycles. The molecule has 3 aliphatic carbocycles. The second kappa shape index (κ2) is 16.3. The number of carbonyl (C=O) groups excluding carboxylic acids is 2. The molecule has 5 aromatic rings. The standard InChI is InChI=1S/C48H49F3N2O4/c1-32-11-10-25-46(2)43(41-23-21-33(27-39(54)22-20-32)28-42(41)44(55)35-14-9-16-37(29-35)48(49,50)51)24-26-47(46,57)31-53(45(56)52-38-17-4-3-5-18-38)30-36-15-8-13-34-12-6-7-19-40(34)36/h3-9,11-19,21,23,28-29,39,43,54,57H,10,20,22,24-27,30-31H2,1-2H3,(H,52,56)/t39-,43-,46-,47+/m0/s1. The van der Waals surface area contributed by atoms with Gasteiger partial charge in [-0.25, -0.2) is 4.79 Å². The predicted octanol–water partition coefficient (Wildman–Crippen LogP) is 10.9. The zero-order valence-electron chi connectivity index (χ0n) is 32.4. The van der Waals surface area contributed by atoms with E-state index in [1.165, 1.54) is 12.1 Å². The van der Waals surface area contributed by atoms with E-state index in [9.17, 15) is 33.0 Å². The molecule has 8 rings (SSSR count). The Bertz CT molecular complexity index is 2280. The number of hydrogen-bond donors (Lipinski definition) is 3. The fourth-order valence-corrected chi connectivity index (χ4v) is 9.06. The highest BCUT2D eigenvalue weighted by atomic mass is 19.4. The second-order valence-electron chi connectivity index (χ2n) is 16.1. The Morgan fingerprint density at radius 3 is 2.40 bits per heavy atom. The molecule has 1 saturated carbocycles. The summed E-state index contributed by atoms with van der Waals surface area (Å²) >= 11 is 0. The zero-order chi connectivity index (χ0) is 40.4. The molecule has 1 fully saturated rings. The van der Waals surface area contributed by atoms with Crippen LogP contribution in [-0.4, -0.2) is 45.2 Å². The smallest absolute Gasteiger partial charge is 0.393 e. The molecule has 9 heteroatoms. The Labute approximate surface area is 332 Å². The maximum Gasteiger partial charge on any atom is 0.416 e. The molecule has 3 aliphatic rings. The topological polar surface area (TPSA) is 89.9 Å². The highest BCUT2D eigenvalue weighted by Gasteiger charge is 2.57. The van der Waals surface area contributed by atoms with Gasteiger partial charge in [-0.3, -0.25) is 4.79 Å². The molecule has 57 heavy (non-hydrogen) atoms. The minimum atomic E-state index is -4.63. The first kappa shape index (κ1) is 40.0. The van der Waals surface area contributed by atoms with Crippen LogP contribution in [-0.2, 0) is 19.1 Å². The normalized spacial score (nSPS) is 22.7. The molecule has 0 radical (unpaired) electrons. The van der Waals surface area contributed by atoms with E-state index < -0.39 is 34.6 Å². The van der Waals surface area contributed by atoms with Crippen molar-refractivity contribution in [2.24, 2.45) is 5.41 Å². The number of nitrogens with one attached hydrogen (secondary N) is 1. The lowest BCUT2D eigenvalue weighted by Crippen LogP contribution is -2.54. The van der Waals surface area contributed by atoms with E-state index in [1.54, 1.807) is 11.0 Å². The number of nitrogens with zero attached hydrogens (tertiary/aromatic N) is 1. The number of anilines is 1. The number of amides is 2. The van der Waals surface area contributed by atoms with Gasteiger partial charge >= 0.3 is 12.2 Å². The maximum absolute atomic E-state index is 14.4. The van der Waals surface area contributed by atoms with Gasteiger partial charge in [0.1, 0.15) is 0 Å². The molecule has 0 unspecified atom stereocenters. The first-order valence-corrected chi connectivity index (χ1v) is 19.7. The molecular weight excluding hydrogens is 726 g/mol. The lowest BCUT2D eigenvalue weighted by Gasteiger charge is -2.46. The molecule has 0 heterocycles. The van der Waals surface area contributed by atoms with Crippen molar-refractivity contribution in [3.8, 4) is 0 Å². The summed E-state index contributed by atoms with van der Waals surface area (Å²) in [6, 6.07) is 32.7. The van der Waals surface area contributed by atoms with Crippen LogP contribution in [0.5, 0.6) is 0 Å². The summed E-state index contributed by atoms with van der Waals surface area (Å²) in [7, 11) is 0. The number of benzene rings is 5. The van der Waals surface area contributed by atoms with Crippen LogP contribution in [0, 0.1) is 5.41 Å². The second-order valence-corrected chi connectivity index (χ2v) is 16.1. The van der Waals surface area contributed by atoms with Crippen LogP contribution in [0.4, 0.5) is 23.7 Å². The third-order valence-corrected chi connectivity index (χ3v) is 12.4. The van der Waals surface area contributed by atoms with Crippen molar-refractivity contribution in [1.29, 1.82) is 0 Å². The highest BCUT2D eigenvalue weighted by Crippen LogP contribution is 2.59. The van der Waals surface area contributed by atoms with Crippen molar-refractivity contribution in [1.82, 2.24) is 4.90 Å². The van der Waals surface area contributed by atoms with Crippen LogP contribution < -0.4 is 5.32 Å². The van der Waals surface area contributed by atoms with E-state index in [1.807, 2.05) is 98.8 Å². The summed E-state index contributed by atoms with van der Waals surface area (Å²) in [4.78, 5) is 30.5. The van der Waals surface area contributed by atoms with Crippen LogP contribution >= 0.6 is 0 Å². The predicted molar refractivity (Wildman–Crippen MR) is 218 cm³/mol. The highest BCUT2D eigenvalue weighted by molar-refractivity contribution is 6.10. The molecule has 296 valence electrons. The molecule has 0 aliphatic heterocycles. The van der Waals surface area contributed by atoms with Crippen molar-refractivity contribution in [3.63, 3.8) is 0 Å². The quantitative estimate of drug-likeness (QED) is 0.113. The van der Waals surface area contributed by atoms with E-state index in [-0.39, 0.29) is 42.6 Å². The average Bonchev–Trinajstić information content (AvgIpc) is 3.45. The number of ketones is 1. The first-order chi connectivity index (χ1) is 27.2. The number of aliphatic hydroxyl groups excluding tert-OH is 1.